The first-order chi connectivity index (χ1) is 7.04. The summed E-state index contributed by atoms with van der Waals surface area (Å²) in [6, 6.07) is 0. The Hall–Kier alpha value is -1.58. The van der Waals surface area contributed by atoms with Crippen molar-refractivity contribution in [3.05, 3.63) is 46.7 Å². The highest BCUT2D eigenvalue weighted by Crippen LogP contribution is 2.24. The van der Waals surface area contributed by atoms with Gasteiger partial charge >= 0.3 is 0 Å². The van der Waals surface area contributed by atoms with E-state index in [1.807, 2.05) is 5.73 Å². The average molecular weight is 218 g/mol. The summed E-state index contributed by atoms with van der Waals surface area (Å²) in [5.41, 5.74) is 0.0655. The van der Waals surface area contributed by atoms with E-state index in [2.05, 4.69) is 6.58 Å². The minimum Gasteiger partial charge on any atom is -0.391 e. The van der Waals surface area contributed by atoms with Gasteiger partial charge in [0, 0.05) is 0 Å². The van der Waals surface area contributed by atoms with E-state index in [4.69, 9.17) is 5.11 Å². The second kappa shape index (κ2) is 4.29. The highest BCUT2D eigenvalue weighted by atomic mass is 19.2. The molecule has 0 spiro atoms. The van der Waals surface area contributed by atoms with Crippen LogP contribution in [0.4, 0.5) is 17.6 Å². The van der Waals surface area contributed by atoms with E-state index in [-0.39, 0.29) is 0 Å². The van der Waals surface area contributed by atoms with E-state index >= 15 is 0 Å². The summed E-state index contributed by atoms with van der Waals surface area (Å²) in [4.78, 5) is 0. The van der Waals surface area contributed by atoms with E-state index in [9.17, 15) is 17.6 Å². The van der Waals surface area contributed by atoms with Crippen molar-refractivity contribution in [1.82, 2.24) is 0 Å². The Morgan fingerprint density at radius 2 is 1.53 bits per heavy atom. The predicted octanol–water partition coefficient (Wildman–Crippen LogP) is 2.53. The maximum Gasteiger partial charge on any atom is 0.170 e. The van der Waals surface area contributed by atoms with Crippen molar-refractivity contribution in [3.8, 4) is 0 Å². The molecule has 0 unspecified atom stereocenters. The third-order valence-corrected chi connectivity index (χ3v) is 1.79. The zero-order chi connectivity index (χ0) is 11.6. The van der Waals surface area contributed by atoms with Crippen LogP contribution in [-0.2, 0) is 6.61 Å². The summed E-state index contributed by atoms with van der Waals surface area (Å²) < 4.78 is 52.2. The van der Waals surface area contributed by atoms with Crippen LogP contribution >= 0.6 is 0 Å². The van der Waals surface area contributed by atoms with Crippen LogP contribution in [0.5, 0.6) is 0 Å². The summed E-state index contributed by atoms with van der Waals surface area (Å²) in [7, 11) is 0. The molecule has 0 fully saturated rings. The van der Waals surface area contributed by atoms with Crippen LogP contribution in [0, 0.1) is 23.3 Å². The van der Waals surface area contributed by atoms with Crippen LogP contribution < -0.4 is 0 Å². The van der Waals surface area contributed by atoms with Crippen LogP contribution in [0.15, 0.2) is 12.3 Å². The van der Waals surface area contributed by atoms with Gasteiger partial charge in [-0.3, -0.25) is 0 Å². The lowest BCUT2D eigenvalue weighted by Crippen LogP contribution is -2.06. The maximum atomic E-state index is 13.1. The van der Waals surface area contributed by atoms with Gasteiger partial charge in [0.25, 0.3) is 0 Å². The fraction of sp³-hybridized carbons (Fsp3) is 0.100. The molecule has 0 atom stereocenters. The molecular weight excluding hydrogens is 212 g/mol. The number of halogens is 4. The van der Waals surface area contributed by atoms with E-state index in [1.54, 1.807) is 0 Å². The molecule has 1 N–H and O–H groups in total. The van der Waals surface area contributed by atoms with Crippen molar-refractivity contribution in [2.75, 3.05) is 0 Å². The molecule has 1 aromatic carbocycles. The quantitative estimate of drug-likeness (QED) is 0.459. The Labute approximate surface area is 83.0 Å². The Morgan fingerprint density at radius 1 is 1.07 bits per heavy atom. The predicted molar refractivity (Wildman–Crippen MR) is 45.8 cm³/mol. The molecule has 15 heavy (non-hydrogen) atoms. The first-order valence-electron chi connectivity index (χ1n) is 3.86. The van der Waals surface area contributed by atoms with Gasteiger partial charge < -0.3 is 5.11 Å². The monoisotopic (exact) mass is 218 g/mol. The standard InChI is InChI=1S/C10H6F4O/c1-2-3-5-7(11)9(13)6(4-15)10(14)8(5)12/h3,15H,1,4H2. The second-order valence-electron chi connectivity index (χ2n) is 2.65. The SMILES string of the molecule is C=C=Cc1c(F)c(F)c(CO)c(F)c1F. The molecule has 0 aliphatic rings. The van der Waals surface area contributed by atoms with Crippen molar-refractivity contribution in [2.24, 2.45) is 0 Å². The number of benzene rings is 1. The fourth-order valence-corrected chi connectivity index (χ4v) is 1.06. The first-order valence-corrected chi connectivity index (χ1v) is 3.86. The highest BCUT2D eigenvalue weighted by molar-refractivity contribution is 5.51. The molecule has 0 amide bonds. The zero-order valence-electron chi connectivity index (χ0n) is 7.45. The summed E-state index contributed by atoms with van der Waals surface area (Å²) >= 11 is 0. The summed E-state index contributed by atoms with van der Waals surface area (Å²) in [5, 5.41) is 8.52. The van der Waals surface area contributed by atoms with E-state index in [1.165, 1.54) is 0 Å². The van der Waals surface area contributed by atoms with Crippen molar-refractivity contribution in [1.29, 1.82) is 0 Å². The Kier molecular flexibility index (Phi) is 3.29. The van der Waals surface area contributed by atoms with Crippen molar-refractivity contribution in [2.45, 2.75) is 6.61 Å². The Bertz CT molecular complexity index is 418. The lowest BCUT2D eigenvalue weighted by molar-refractivity contribution is 0.262. The zero-order valence-corrected chi connectivity index (χ0v) is 7.45. The number of aliphatic hydroxyl groups is 1. The number of aliphatic hydroxyl groups excluding tert-OH is 1. The Morgan fingerprint density at radius 3 is 1.87 bits per heavy atom. The first kappa shape index (κ1) is 11.5. The van der Waals surface area contributed by atoms with Gasteiger partial charge in [0.05, 0.1) is 17.7 Å². The molecule has 1 aromatic rings. The molecule has 0 bridgehead atoms. The minimum absolute atomic E-state index is 0.679. The van der Waals surface area contributed by atoms with E-state index in [0.717, 1.165) is 0 Å². The normalized spacial score (nSPS) is 9.93. The van der Waals surface area contributed by atoms with Gasteiger partial charge in [-0.2, -0.15) is 0 Å². The van der Waals surface area contributed by atoms with Crippen molar-refractivity contribution in [3.63, 3.8) is 0 Å². The topological polar surface area (TPSA) is 20.2 Å². The fourth-order valence-electron chi connectivity index (χ4n) is 1.06. The molecule has 1 nitrogen and oxygen atoms in total. The maximum absolute atomic E-state index is 13.1. The third kappa shape index (κ3) is 1.79. The summed E-state index contributed by atoms with van der Waals surface area (Å²) in [6.45, 7) is 1.91. The van der Waals surface area contributed by atoms with Gasteiger partial charge in [-0.1, -0.05) is 6.58 Å². The summed E-state index contributed by atoms with van der Waals surface area (Å²) in [6.07, 6.45) is 0.679. The molecule has 1 rings (SSSR count). The molecule has 0 radical (unpaired) electrons. The van der Waals surface area contributed by atoms with Gasteiger partial charge in [0.15, 0.2) is 23.3 Å². The highest BCUT2D eigenvalue weighted by Gasteiger charge is 2.23. The second-order valence-corrected chi connectivity index (χ2v) is 2.65. The van der Waals surface area contributed by atoms with Crippen LogP contribution in [0.3, 0.4) is 0 Å². The van der Waals surface area contributed by atoms with Crippen LogP contribution in [0.1, 0.15) is 11.1 Å². The van der Waals surface area contributed by atoms with Crippen molar-refractivity contribution < 1.29 is 22.7 Å². The number of hydrogen-bond donors (Lipinski definition) is 1. The average Bonchev–Trinajstić information content (AvgIpc) is 2.23. The van der Waals surface area contributed by atoms with Gasteiger partial charge in [-0.25, -0.2) is 17.6 Å². The molecule has 0 aliphatic carbocycles. The van der Waals surface area contributed by atoms with Gasteiger partial charge in [-0.15, -0.1) is 5.73 Å². The molecular formula is C10H6F4O. The third-order valence-electron chi connectivity index (χ3n) is 1.79. The van der Waals surface area contributed by atoms with Gasteiger partial charge in [-0.05, 0) is 6.08 Å². The number of hydrogen-bond acceptors (Lipinski definition) is 1. The molecule has 0 saturated heterocycles. The van der Waals surface area contributed by atoms with Gasteiger partial charge in [0.1, 0.15) is 0 Å². The minimum atomic E-state index is -1.61. The lowest BCUT2D eigenvalue weighted by Gasteiger charge is -2.06. The van der Waals surface area contributed by atoms with E-state index in [0.29, 0.717) is 6.08 Å². The largest absolute Gasteiger partial charge is 0.391 e. The number of rotatable bonds is 2. The van der Waals surface area contributed by atoms with Crippen molar-refractivity contribution >= 4 is 6.08 Å². The molecule has 80 valence electrons. The molecule has 0 aliphatic heterocycles. The van der Waals surface area contributed by atoms with Crippen LogP contribution in [0.2, 0.25) is 0 Å². The molecule has 5 heteroatoms. The summed E-state index contributed by atoms with van der Waals surface area (Å²) in [5.74, 6) is -6.38. The van der Waals surface area contributed by atoms with E-state index < -0.39 is 41.0 Å². The molecule has 0 heterocycles. The lowest BCUT2D eigenvalue weighted by atomic mass is 10.1. The van der Waals surface area contributed by atoms with Crippen LogP contribution in [0.25, 0.3) is 6.08 Å². The smallest absolute Gasteiger partial charge is 0.170 e. The van der Waals surface area contributed by atoms with Gasteiger partial charge in [0.2, 0.25) is 0 Å². The van der Waals surface area contributed by atoms with Crippen LogP contribution in [-0.4, -0.2) is 5.11 Å². The molecule has 0 saturated carbocycles. The Balaban J connectivity index is 3.65. The molecule has 0 aromatic heterocycles.